The van der Waals surface area contributed by atoms with E-state index in [0.717, 1.165) is 38.1 Å². The molecule has 4 heteroatoms. The Kier molecular flexibility index (Phi) is 4.93. The van der Waals surface area contributed by atoms with E-state index in [1.165, 1.54) is 0 Å². The summed E-state index contributed by atoms with van der Waals surface area (Å²) in [7, 11) is 0. The number of aryl methyl sites for hydroxylation is 1. The number of hydrogen-bond acceptors (Lipinski definition) is 4. The largest absolute Gasteiger partial charge is 0.339 e. The summed E-state index contributed by atoms with van der Waals surface area (Å²) >= 11 is 0. The lowest BCUT2D eigenvalue weighted by Gasteiger charge is -1.93. The molecule has 0 aliphatic heterocycles. The first-order chi connectivity index (χ1) is 6.86. The summed E-state index contributed by atoms with van der Waals surface area (Å²) in [5.74, 6) is 1.37. The molecule has 0 aliphatic carbocycles. The average Bonchev–Trinajstić information content (AvgIpc) is 2.61. The van der Waals surface area contributed by atoms with E-state index in [9.17, 15) is 0 Å². The minimum Gasteiger partial charge on any atom is -0.339 e. The number of allylic oxidation sites excluding steroid dienone is 1. The Morgan fingerprint density at radius 3 is 2.93 bits per heavy atom. The molecule has 0 spiro atoms. The molecule has 0 radical (unpaired) electrons. The van der Waals surface area contributed by atoms with Gasteiger partial charge in [-0.2, -0.15) is 4.98 Å². The molecule has 1 aromatic heterocycles. The smallest absolute Gasteiger partial charge is 0.226 e. The van der Waals surface area contributed by atoms with Crippen molar-refractivity contribution in [3.05, 3.63) is 17.8 Å². The van der Waals surface area contributed by atoms with Crippen LogP contribution in [-0.2, 0) is 6.42 Å². The van der Waals surface area contributed by atoms with Crippen molar-refractivity contribution in [1.29, 1.82) is 0 Å². The predicted octanol–water partition coefficient (Wildman–Crippen LogP) is 1.77. The highest BCUT2D eigenvalue weighted by atomic mass is 16.5. The SMILES string of the molecule is CC=Cc1noc(CCCCCN)n1. The van der Waals surface area contributed by atoms with Crippen LogP contribution in [0.4, 0.5) is 0 Å². The number of nitrogens with two attached hydrogens (primary N) is 1. The third-order valence-corrected chi connectivity index (χ3v) is 1.89. The zero-order chi connectivity index (χ0) is 10.2. The number of nitrogens with zero attached hydrogens (tertiary/aromatic N) is 2. The van der Waals surface area contributed by atoms with Gasteiger partial charge in [0.25, 0.3) is 0 Å². The van der Waals surface area contributed by atoms with Gasteiger partial charge in [-0.1, -0.05) is 17.7 Å². The third kappa shape index (κ3) is 3.70. The summed E-state index contributed by atoms with van der Waals surface area (Å²) in [6, 6.07) is 0. The van der Waals surface area contributed by atoms with Crippen molar-refractivity contribution in [2.45, 2.75) is 32.6 Å². The molecule has 0 atom stereocenters. The summed E-state index contributed by atoms with van der Waals surface area (Å²) in [5.41, 5.74) is 5.39. The summed E-state index contributed by atoms with van der Waals surface area (Å²) < 4.78 is 5.05. The number of rotatable bonds is 6. The second kappa shape index (κ2) is 6.32. The van der Waals surface area contributed by atoms with E-state index >= 15 is 0 Å². The zero-order valence-corrected chi connectivity index (χ0v) is 8.57. The lowest BCUT2D eigenvalue weighted by Crippen LogP contribution is -1.98. The number of aromatic nitrogens is 2. The molecule has 0 amide bonds. The van der Waals surface area contributed by atoms with Gasteiger partial charge in [-0.25, -0.2) is 0 Å². The summed E-state index contributed by atoms with van der Waals surface area (Å²) in [4.78, 5) is 4.20. The Morgan fingerprint density at radius 1 is 1.36 bits per heavy atom. The second-order valence-corrected chi connectivity index (χ2v) is 3.15. The highest BCUT2D eigenvalue weighted by Crippen LogP contribution is 2.05. The van der Waals surface area contributed by atoms with E-state index in [2.05, 4.69) is 10.1 Å². The van der Waals surface area contributed by atoms with Crippen LogP contribution in [0.1, 0.15) is 37.9 Å². The predicted molar refractivity (Wildman–Crippen MR) is 55.6 cm³/mol. The fourth-order valence-corrected chi connectivity index (χ4v) is 1.18. The topological polar surface area (TPSA) is 64.9 Å². The van der Waals surface area contributed by atoms with Gasteiger partial charge in [0.15, 0.2) is 5.82 Å². The first-order valence-corrected chi connectivity index (χ1v) is 5.02. The van der Waals surface area contributed by atoms with Gasteiger partial charge in [0.1, 0.15) is 0 Å². The molecule has 14 heavy (non-hydrogen) atoms. The maximum Gasteiger partial charge on any atom is 0.226 e. The van der Waals surface area contributed by atoms with Crippen molar-refractivity contribution >= 4 is 6.08 Å². The summed E-state index contributed by atoms with van der Waals surface area (Å²) in [5, 5.41) is 3.81. The van der Waals surface area contributed by atoms with Gasteiger partial charge in [0, 0.05) is 6.42 Å². The minimum absolute atomic E-state index is 0.654. The molecule has 0 fully saturated rings. The van der Waals surface area contributed by atoms with Gasteiger partial charge >= 0.3 is 0 Å². The lowest BCUT2D eigenvalue weighted by molar-refractivity contribution is 0.372. The summed E-state index contributed by atoms with van der Waals surface area (Å²) in [6.45, 7) is 2.69. The van der Waals surface area contributed by atoms with Crippen molar-refractivity contribution in [3.8, 4) is 0 Å². The Morgan fingerprint density at radius 2 is 2.21 bits per heavy atom. The molecule has 78 valence electrons. The van der Waals surface area contributed by atoms with Gasteiger partial charge in [0.05, 0.1) is 0 Å². The molecule has 1 heterocycles. The first-order valence-electron chi connectivity index (χ1n) is 5.02. The molecule has 0 saturated carbocycles. The molecular formula is C10H17N3O. The molecule has 2 N–H and O–H groups in total. The molecule has 4 nitrogen and oxygen atoms in total. The molecule has 0 saturated heterocycles. The van der Waals surface area contributed by atoms with Crippen LogP contribution in [0.5, 0.6) is 0 Å². The molecule has 0 bridgehead atoms. The Hall–Kier alpha value is -1.16. The average molecular weight is 195 g/mol. The maximum atomic E-state index is 5.39. The monoisotopic (exact) mass is 195 g/mol. The lowest BCUT2D eigenvalue weighted by atomic mass is 10.2. The summed E-state index contributed by atoms with van der Waals surface area (Å²) in [6.07, 6.45) is 7.82. The maximum absolute atomic E-state index is 5.39. The Bertz CT molecular complexity index is 281. The van der Waals surface area contributed by atoms with Crippen molar-refractivity contribution in [2.75, 3.05) is 6.54 Å². The van der Waals surface area contributed by atoms with E-state index in [4.69, 9.17) is 10.3 Å². The van der Waals surface area contributed by atoms with Crippen molar-refractivity contribution in [2.24, 2.45) is 5.73 Å². The number of hydrogen-bond donors (Lipinski definition) is 1. The van der Waals surface area contributed by atoms with Crippen molar-refractivity contribution < 1.29 is 4.52 Å². The van der Waals surface area contributed by atoms with E-state index in [1.54, 1.807) is 0 Å². The molecule has 0 aromatic carbocycles. The fourth-order valence-electron chi connectivity index (χ4n) is 1.18. The quantitative estimate of drug-likeness (QED) is 0.702. The van der Waals surface area contributed by atoms with E-state index in [0.29, 0.717) is 5.82 Å². The van der Waals surface area contributed by atoms with Gasteiger partial charge in [-0.3, -0.25) is 0 Å². The van der Waals surface area contributed by atoms with Gasteiger partial charge < -0.3 is 10.3 Å². The molecule has 0 aliphatic rings. The molecule has 1 rings (SSSR count). The standard InChI is InChI=1S/C10H17N3O/c1-2-6-9-12-10(14-13-9)7-4-3-5-8-11/h2,6H,3-5,7-8,11H2,1H3. The highest BCUT2D eigenvalue weighted by molar-refractivity contribution is 5.37. The fraction of sp³-hybridized carbons (Fsp3) is 0.600. The van der Waals surface area contributed by atoms with Crippen molar-refractivity contribution in [1.82, 2.24) is 10.1 Å². The van der Waals surface area contributed by atoms with E-state index in [-0.39, 0.29) is 0 Å². The first kappa shape index (κ1) is 10.9. The van der Waals surface area contributed by atoms with Crippen LogP contribution in [0.2, 0.25) is 0 Å². The van der Waals surface area contributed by atoms with Crippen LogP contribution in [-0.4, -0.2) is 16.7 Å². The highest BCUT2D eigenvalue weighted by Gasteiger charge is 2.02. The second-order valence-electron chi connectivity index (χ2n) is 3.15. The Balaban J connectivity index is 2.29. The van der Waals surface area contributed by atoms with Crippen LogP contribution < -0.4 is 5.73 Å². The molecular weight excluding hydrogens is 178 g/mol. The van der Waals surface area contributed by atoms with Crippen LogP contribution in [0, 0.1) is 0 Å². The van der Waals surface area contributed by atoms with Crippen LogP contribution in [0.3, 0.4) is 0 Å². The van der Waals surface area contributed by atoms with Gasteiger partial charge in [0.2, 0.25) is 5.89 Å². The Labute approximate surface area is 84.2 Å². The number of unbranched alkanes of at least 4 members (excludes halogenated alkanes) is 2. The van der Waals surface area contributed by atoms with E-state index in [1.807, 2.05) is 19.1 Å². The van der Waals surface area contributed by atoms with E-state index < -0.39 is 0 Å². The molecule has 0 unspecified atom stereocenters. The van der Waals surface area contributed by atoms with Gasteiger partial charge in [-0.15, -0.1) is 0 Å². The van der Waals surface area contributed by atoms with Crippen molar-refractivity contribution in [3.63, 3.8) is 0 Å². The third-order valence-electron chi connectivity index (χ3n) is 1.89. The minimum atomic E-state index is 0.654. The van der Waals surface area contributed by atoms with Crippen LogP contribution >= 0.6 is 0 Å². The normalized spacial score (nSPS) is 11.3. The van der Waals surface area contributed by atoms with Crippen LogP contribution in [0.15, 0.2) is 10.6 Å². The van der Waals surface area contributed by atoms with Gasteiger partial charge in [-0.05, 0) is 32.4 Å². The van der Waals surface area contributed by atoms with Crippen LogP contribution in [0.25, 0.3) is 6.08 Å². The molecule has 1 aromatic rings. The zero-order valence-electron chi connectivity index (χ0n) is 8.57.